The minimum absolute atomic E-state index is 0.150. The molecule has 0 fully saturated rings. The summed E-state index contributed by atoms with van der Waals surface area (Å²) in [5, 5.41) is 4.95. The predicted molar refractivity (Wildman–Crippen MR) is 97.8 cm³/mol. The molecule has 0 aliphatic carbocycles. The first kappa shape index (κ1) is 17.9. The van der Waals surface area contributed by atoms with Crippen molar-refractivity contribution in [3.8, 4) is 0 Å². The highest BCUT2D eigenvalue weighted by molar-refractivity contribution is 7.10. The van der Waals surface area contributed by atoms with E-state index >= 15 is 0 Å². The summed E-state index contributed by atoms with van der Waals surface area (Å²) in [6.07, 6.45) is 3.19. The maximum Gasteiger partial charge on any atom is 0.248 e. The van der Waals surface area contributed by atoms with Crippen molar-refractivity contribution in [1.82, 2.24) is 10.2 Å². The number of carbonyl (C=O) groups is 2. The monoisotopic (exact) mass is 343 g/mol. The SMILES string of the molecule is CN(C)[C@H](CNC(=O)/C=C\c1ccc(C(N)=O)cc1)c1cccs1. The highest BCUT2D eigenvalue weighted by atomic mass is 32.1. The van der Waals surface area contributed by atoms with Gasteiger partial charge < -0.3 is 16.0 Å². The average molecular weight is 343 g/mol. The minimum Gasteiger partial charge on any atom is -0.366 e. The smallest absolute Gasteiger partial charge is 0.248 e. The van der Waals surface area contributed by atoms with E-state index in [0.29, 0.717) is 12.1 Å². The highest BCUT2D eigenvalue weighted by Gasteiger charge is 2.15. The molecule has 126 valence electrons. The van der Waals surface area contributed by atoms with Crippen LogP contribution in [0.3, 0.4) is 0 Å². The third kappa shape index (κ3) is 5.04. The fourth-order valence-electron chi connectivity index (χ4n) is 2.21. The number of primary amides is 1. The van der Waals surface area contributed by atoms with E-state index in [0.717, 1.165) is 5.56 Å². The number of rotatable bonds is 7. The summed E-state index contributed by atoms with van der Waals surface area (Å²) in [7, 11) is 3.99. The Balaban J connectivity index is 1.91. The van der Waals surface area contributed by atoms with E-state index in [9.17, 15) is 9.59 Å². The molecule has 0 bridgehead atoms. The second kappa shape index (κ2) is 8.42. The molecule has 5 nitrogen and oxygen atoms in total. The van der Waals surface area contributed by atoms with E-state index in [2.05, 4.69) is 16.3 Å². The van der Waals surface area contributed by atoms with Gasteiger partial charge in [0, 0.05) is 23.1 Å². The van der Waals surface area contributed by atoms with E-state index in [4.69, 9.17) is 5.73 Å². The first-order valence-corrected chi connectivity index (χ1v) is 8.41. The number of nitrogens with two attached hydrogens (primary N) is 1. The largest absolute Gasteiger partial charge is 0.366 e. The molecule has 0 radical (unpaired) electrons. The van der Waals surface area contributed by atoms with Gasteiger partial charge in [0.2, 0.25) is 11.8 Å². The zero-order valence-electron chi connectivity index (χ0n) is 13.7. The Morgan fingerprint density at radius 1 is 1.25 bits per heavy atom. The van der Waals surface area contributed by atoms with Crippen LogP contribution in [0.2, 0.25) is 0 Å². The summed E-state index contributed by atoms with van der Waals surface area (Å²) >= 11 is 1.68. The Morgan fingerprint density at radius 3 is 2.50 bits per heavy atom. The second-order valence-corrected chi connectivity index (χ2v) is 6.54. The topological polar surface area (TPSA) is 75.4 Å². The summed E-state index contributed by atoms with van der Waals surface area (Å²) in [6.45, 7) is 0.539. The summed E-state index contributed by atoms with van der Waals surface area (Å²) in [5.41, 5.74) is 6.47. The molecule has 1 atom stereocenters. The van der Waals surface area contributed by atoms with E-state index in [1.165, 1.54) is 11.0 Å². The van der Waals surface area contributed by atoms with Gasteiger partial charge in [-0.1, -0.05) is 18.2 Å². The molecule has 2 aromatic rings. The number of hydrogen-bond donors (Lipinski definition) is 2. The third-order valence-corrected chi connectivity index (χ3v) is 4.56. The zero-order valence-corrected chi connectivity index (χ0v) is 14.5. The summed E-state index contributed by atoms with van der Waals surface area (Å²) < 4.78 is 0. The number of hydrogen-bond acceptors (Lipinski definition) is 4. The van der Waals surface area contributed by atoms with Gasteiger partial charge in [0.25, 0.3) is 0 Å². The van der Waals surface area contributed by atoms with Crippen molar-refractivity contribution >= 4 is 29.2 Å². The van der Waals surface area contributed by atoms with Gasteiger partial charge in [-0.3, -0.25) is 9.59 Å². The van der Waals surface area contributed by atoms with Crippen molar-refractivity contribution in [3.05, 3.63) is 63.9 Å². The van der Waals surface area contributed by atoms with Crippen LogP contribution >= 0.6 is 11.3 Å². The van der Waals surface area contributed by atoms with Crippen LogP contribution in [-0.2, 0) is 4.79 Å². The summed E-state index contributed by atoms with van der Waals surface area (Å²) in [6, 6.07) is 11.0. The molecule has 2 amide bonds. The zero-order chi connectivity index (χ0) is 17.5. The molecule has 24 heavy (non-hydrogen) atoms. The van der Waals surface area contributed by atoms with Crippen LogP contribution in [0.5, 0.6) is 0 Å². The number of nitrogens with zero attached hydrogens (tertiary/aromatic N) is 1. The molecular weight excluding hydrogens is 322 g/mol. The van der Waals surface area contributed by atoms with Gasteiger partial charge in [-0.25, -0.2) is 0 Å². The first-order chi connectivity index (χ1) is 11.5. The highest BCUT2D eigenvalue weighted by Crippen LogP contribution is 2.22. The number of benzene rings is 1. The van der Waals surface area contributed by atoms with Crippen molar-refractivity contribution < 1.29 is 9.59 Å². The van der Waals surface area contributed by atoms with Crippen LogP contribution in [0.1, 0.15) is 26.8 Å². The molecule has 2 rings (SSSR count). The molecule has 0 aliphatic rings. The molecule has 0 unspecified atom stereocenters. The lowest BCUT2D eigenvalue weighted by atomic mass is 10.1. The van der Waals surface area contributed by atoms with E-state index in [-0.39, 0.29) is 11.9 Å². The van der Waals surface area contributed by atoms with Gasteiger partial charge in [-0.05, 0) is 49.3 Å². The van der Waals surface area contributed by atoms with Gasteiger partial charge >= 0.3 is 0 Å². The van der Waals surface area contributed by atoms with Crippen LogP contribution in [-0.4, -0.2) is 37.4 Å². The maximum absolute atomic E-state index is 12.0. The lowest BCUT2D eigenvalue weighted by Gasteiger charge is -2.23. The molecule has 1 heterocycles. The fourth-order valence-corrected chi connectivity index (χ4v) is 3.13. The van der Waals surface area contributed by atoms with Gasteiger partial charge in [0.1, 0.15) is 0 Å². The standard InChI is InChI=1S/C18H21N3O2S/c1-21(2)15(16-4-3-11-24-16)12-20-17(22)10-7-13-5-8-14(9-6-13)18(19)23/h3-11,15H,12H2,1-2H3,(H2,19,23)(H,20,22)/b10-7-/t15-/m1/s1. The number of nitrogens with one attached hydrogen (secondary N) is 1. The average Bonchev–Trinajstić information content (AvgIpc) is 3.07. The van der Waals surface area contributed by atoms with Crippen molar-refractivity contribution in [1.29, 1.82) is 0 Å². The Labute approximate surface area is 145 Å². The minimum atomic E-state index is -0.466. The molecule has 1 aromatic heterocycles. The molecule has 0 spiro atoms. The van der Waals surface area contributed by atoms with Crippen LogP contribution in [0.25, 0.3) is 6.08 Å². The summed E-state index contributed by atoms with van der Waals surface area (Å²) in [4.78, 5) is 26.3. The van der Waals surface area contributed by atoms with E-state index in [1.54, 1.807) is 41.7 Å². The third-order valence-electron chi connectivity index (χ3n) is 3.59. The van der Waals surface area contributed by atoms with E-state index in [1.807, 2.05) is 25.5 Å². The molecule has 6 heteroatoms. The van der Waals surface area contributed by atoms with Gasteiger partial charge in [-0.15, -0.1) is 11.3 Å². The number of thiophene rings is 1. The lowest BCUT2D eigenvalue weighted by molar-refractivity contribution is -0.116. The number of likely N-dealkylation sites (N-methyl/N-ethyl adjacent to an activating group) is 1. The Bertz CT molecular complexity index is 706. The fraction of sp³-hybridized carbons (Fsp3) is 0.222. The summed E-state index contributed by atoms with van der Waals surface area (Å²) in [5.74, 6) is -0.621. The Kier molecular flexibility index (Phi) is 6.28. The molecule has 0 saturated heterocycles. The lowest BCUT2D eigenvalue weighted by Crippen LogP contribution is -2.33. The van der Waals surface area contributed by atoms with Gasteiger partial charge in [0.05, 0.1) is 6.04 Å². The first-order valence-electron chi connectivity index (χ1n) is 7.53. The van der Waals surface area contributed by atoms with Crippen molar-refractivity contribution in [2.45, 2.75) is 6.04 Å². The van der Waals surface area contributed by atoms with Crippen molar-refractivity contribution in [2.24, 2.45) is 5.73 Å². The normalized spacial score (nSPS) is 12.5. The number of carbonyl (C=O) groups excluding carboxylic acids is 2. The van der Waals surface area contributed by atoms with Crippen LogP contribution < -0.4 is 11.1 Å². The van der Waals surface area contributed by atoms with Crippen molar-refractivity contribution in [2.75, 3.05) is 20.6 Å². The molecule has 3 N–H and O–H groups in total. The predicted octanol–water partition coefficient (Wildman–Crippen LogP) is 2.28. The second-order valence-electron chi connectivity index (χ2n) is 5.56. The molecular formula is C18H21N3O2S. The van der Waals surface area contributed by atoms with Crippen LogP contribution in [0.4, 0.5) is 0 Å². The van der Waals surface area contributed by atoms with Crippen LogP contribution in [0, 0.1) is 0 Å². The van der Waals surface area contributed by atoms with E-state index < -0.39 is 5.91 Å². The Hall–Kier alpha value is -2.44. The maximum atomic E-state index is 12.0. The van der Waals surface area contributed by atoms with Crippen LogP contribution in [0.15, 0.2) is 47.9 Å². The van der Waals surface area contributed by atoms with Gasteiger partial charge in [-0.2, -0.15) is 0 Å². The molecule has 0 aliphatic heterocycles. The number of amides is 2. The van der Waals surface area contributed by atoms with Crippen molar-refractivity contribution in [3.63, 3.8) is 0 Å². The Morgan fingerprint density at radius 2 is 1.96 bits per heavy atom. The van der Waals surface area contributed by atoms with Gasteiger partial charge in [0.15, 0.2) is 0 Å². The molecule has 1 aromatic carbocycles. The molecule has 0 saturated carbocycles. The quantitative estimate of drug-likeness (QED) is 0.757.